The molecule has 0 amide bonds. The molecular formula is C24H25N3O4. The molecule has 0 unspecified atom stereocenters. The number of nitrogens with zero attached hydrogens (tertiary/aromatic N) is 3. The topological polar surface area (TPSA) is 90.4 Å². The molecule has 0 saturated heterocycles. The summed E-state index contributed by atoms with van der Waals surface area (Å²) in [6.45, 7) is 3.21. The Morgan fingerprint density at radius 1 is 1.10 bits per heavy atom. The number of aromatic hydroxyl groups is 1. The third kappa shape index (κ3) is 4.94. The number of hydrogen-bond donors (Lipinski definition) is 1. The molecule has 0 fully saturated rings. The first-order chi connectivity index (χ1) is 15.1. The van der Waals surface area contributed by atoms with E-state index in [1.807, 2.05) is 41.2 Å². The van der Waals surface area contributed by atoms with E-state index in [-0.39, 0.29) is 28.8 Å². The molecule has 0 atom stereocenters. The molecule has 2 aromatic heterocycles. The first kappa shape index (κ1) is 20.7. The second-order valence-electron chi connectivity index (χ2n) is 7.48. The molecule has 0 aliphatic rings. The van der Waals surface area contributed by atoms with Gasteiger partial charge in [0.25, 0.3) is 0 Å². The normalized spacial score (nSPS) is 11.1. The molecular weight excluding hydrogens is 394 g/mol. The van der Waals surface area contributed by atoms with E-state index in [2.05, 4.69) is 17.2 Å². The Labute approximate surface area is 179 Å². The Hall–Kier alpha value is -3.61. The Morgan fingerprint density at radius 3 is 2.74 bits per heavy atom. The lowest BCUT2D eigenvalue weighted by atomic mass is 10.1. The van der Waals surface area contributed by atoms with Gasteiger partial charge in [-0.15, -0.1) is 5.10 Å². The molecule has 4 rings (SSSR count). The van der Waals surface area contributed by atoms with E-state index < -0.39 is 0 Å². The zero-order valence-electron chi connectivity index (χ0n) is 17.5. The van der Waals surface area contributed by atoms with Gasteiger partial charge in [-0.25, -0.2) is 0 Å². The van der Waals surface area contributed by atoms with Gasteiger partial charge in [-0.05, 0) is 6.42 Å². The van der Waals surface area contributed by atoms with Crippen LogP contribution in [-0.2, 0) is 13.2 Å². The first-order valence-electron chi connectivity index (χ1n) is 10.5. The van der Waals surface area contributed by atoms with Gasteiger partial charge in [-0.3, -0.25) is 9.48 Å². The van der Waals surface area contributed by atoms with Crippen molar-refractivity contribution in [1.29, 1.82) is 0 Å². The van der Waals surface area contributed by atoms with Gasteiger partial charge in [-0.2, -0.15) is 0 Å². The number of hydrogen-bond acceptors (Lipinski definition) is 6. The van der Waals surface area contributed by atoms with Crippen LogP contribution in [0.3, 0.4) is 0 Å². The fourth-order valence-electron chi connectivity index (χ4n) is 3.44. The molecule has 0 aliphatic heterocycles. The van der Waals surface area contributed by atoms with Crippen molar-refractivity contribution < 1.29 is 14.3 Å². The molecule has 7 nitrogen and oxygen atoms in total. The van der Waals surface area contributed by atoms with Crippen molar-refractivity contribution in [3.05, 3.63) is 70.6 Å². The standard InChI is InChI=1S/C24H25N3O4/c1-2-3-4-8-11-27-15-18(25-26-27)16-30-19-12-20(28)24-21(29)14-22(31-23(24)13-19)17-9-6-5-7-10-17/h5-7,9-10,12-15,28H,2-4,8,11,16H2,1H3. The SMILES string of the molecule is CCCCCCn1cc(COc2cc(O)c3c(=O)cc(-c4ccccc4)oc3c2)nn1. The van der Waals surface area contributed by atoms with Crippen LogP contribution in [0, 0.1) is 0 Å². The van der Waals surface area contributed by atoms with Crippen LogP contribution < -0.4 is 10.2 Å². The van der Waals surface area contributed by atoms with E-state index in [0.29, 0.717) is 17.2 Å². The fraction of sp³-hybridized carbons (Fsp3) is 0.292. The lowest BCUT2D eigenvalue weighted by molar-refractivity contribution is 0.299. The van der Waals surface area contributed by atoms with Crippen LogP contribution in [0.25, 0.3) is 22.3 Å². The van der Waals surface area contributed by atoms with E-state index in [9.17, 15) is 9.90 Å². The summed E-state index contributed by atoms with van der Waals surface area (Å²) in [5.41, 5.74) is 1.42. The average Bonchev–Trinajstić information content (AvgIpc) is 3.23. The molecule has 0 radical (unpaired) electrons. The molecule has 1 N–H and O–H groups in total. The van der Waals surface area contributed by atoms with E-state index in [0.717, 1.165) is 18.5 Å². The summed E-state index contributed by atoms with van der Waals surface area (Å²) in [7, 11) is 0. The fourth-order valence-corrected chi connectivity index (χ4v) is 3.44. The zero-order valence-corrected chi connectivity index (χ0v) is 17.5. The van der Waals surface area contributed by atoms with E-state index >= 15 is 0 Å². The van der Waals surface area contributed by atoms with Crippen molar-refractivity contribution in [2.75, 3.05) is 0 Å². The highest BCUT2D eigenvalue weighted by Crippen LogP contribution is 2.31. The highest BCUT2D eigenvalue weighted by atomic mass is 16.5. The predicted octanol–water partition coefficient (Wildman–Crippen LogP) is 4.92. The maximum atomic E-state index is 12.5. The van der Waals surface area contributed by atoms with Crippen LogP contribution in [0.4, 0.5) is 0 Å². The first-order valence-corrected chi connectivity index (χ1v) is 10.5. The average molecular weight is 419 g/mol. The van der Waals surface area contributed by atoms with Crippen molar-refractivity contribution in [3.63, 3.8) is 0 Å². The number of aromatic nitrogens is 3. The third-order valence-corrected chi connectivity index (χ3v) is 5.06. The van der Waals surface area contributed by atoms with Crippen molar-refractivity contribution in [3.8, 4) is 22.8 Å². The number of rotatable bonds is 9. The van der Waals surface area contributed by atoms with E-state index in [1.54, 1.807) is 6.07 Å². The second-order valence-corrected chi connectivity index (χ2v) is 7.48. The second kappa shape index (κ2) is 9.47. The number of aryl methyl sites for hydroxylation is 1. The summed E-state index contributed by atoms with van der Waals surface area (Å²) in [4.78, 5) is 12.5. The van der Waals surface area contributed by atoms with Gasteiger partial charge in [0.1, 0.15) is 40.5 Å². The molecule has 0 aliphatic carbocycles. The van der Waals surface area contributed by atoms with Gasteiger partial charge in [0.15, 0.2) is 5.43 Å². The molecule has 4 aromatic rings. The van der Waals surface area contributed by atoms with Gasteiger partial charge < -0.3 is 14.3 Å². The summed E-state index contributed by atoms with van der Waals surface area (Å²) in [6, 6.07) is 13.8. The minimum Gasteiger partial charge on any atom is -0.507 e. The molecule has 0 saturated carbocycles. The maximum Gasteiger partial charge on any atom is 0.197 e. The van der Waals surface area contributed by atoms with Crippen LogP contribution in [0.5, 0.6) is 11.5 Å². The van der Waals surface area contributed by atoms with Crippen LogP contribution >= 0.6 is 0 Å². The predicted molar refractivity (Wildman–Crippen MR) is 118 cm³/mol. The summed E-state index contributed by atoms with van der Waals surface area (Å²) < 4.78 is 13.5. The molecule has 2 aromatic carbocycles. The molecule has 7 heteroatoms. The Bertz CT molecular complexity index is 1210. The number of fused-ring (bicyclic) bond motifs is 1. The van der Waals surface area contributed by atoms with E-state index in [1.165, 1.54) is 31.4 Å². The lowest BCUT2D eigenvalue weighted by Gasteiger charge is -2.08. The van der Waals surface area contributed by atoms with Crippen LogP contribution in [0.15, 0.2) is 63.9 Å². The van der Waals surface area contributed by atoms with Gasteiger partial charge >= 0.3 is 0 Å². The number of benzene rings is 2. The molecule has 160 valence electrons. The summed E-state index contributed by atoms with van der Waals surface area (Å²) >= 11 is 0. The summed E-state index contributed by atoms with van der Waals surface area (Å²) in [5.74, 6) is 0.636. The minimum atomic E-state index is -0.310. The van der Waals surface area contributed by atoms with Crippen molar-refractivity contribution in [1.82, 2.24) is 15.0 Å². The van der Waals surface area contributed by atoms with Gasteiger partial charge in [0, 0.05) is 30.3 Å². The lowest BCUT2D eigenvalue weighted by Crippen LogP contribution is -2.02. The van der Waals surface area contributed by atoms with Gasteiger partial charge in [0.05, 0.1) is 6.20 Å². The monoisotopic (exact) mass is 419 g/mol. The van der Waals surface area contributed by atoms with Crippen LogP contribution in [0.1, 0.15) is 38.3 Å². The Kier molecular flexibility index (Phi) is 6.31. The maximum absolute atomic E-state index is 12.5. The van der Waals surface area contributed by atoms with Gasteiger partial charge in [0.2, 0.25) is 0 Å². The third-order valence-electron chi connectivity index (χ3n) is 5.06. The smallest absolute Gasteiger partial charge is 0.197 e. The quantitative estimate of drug-likeness (QED) is 0.387. The highest BCUT2D eigenvalue weighted by Gasteiger charge is 2.13. The summed E-state index contributed by atoms with van der Waals surface area (Å²) in [6.07, 6.45) is 6.52. The zero-order chi connectivity index (χ0) is 21.6. The molecule has 2 heterocycles. The largest absolute Gasteiger partial charge is 0.507 e. The van der Waals surface area contributed by atoms with Crippen LogP contribution in [-0.4, -0.2) is 20.1 Å². The molecule has 0 spiro atoms. The number of phenols is 1. The molecule has 31 heavy (non-hydrogen) atoms. The number of unbranched alkanes of at least 4 members (excludes halogenated alkanes) is 3. The Morgan fingerprint density at radius 2 is 1.94 bits per heavy atom. The van der Waals surface area contributed by atoms with Gasteiger partial charge in [-0.1, -0.05) is 61.7 Å². The van der Waals surface area contributed by atoms with Crippen molar-refractivity contribution >= 4 is 11.0 Å². The number of ether oxygens (including phenoxy) is 1. The van der Waals surface area contributed by atoms with Crippen LogP contribution in [0.2, 0.25) is 0 Å². The van der Waals surface area contributed by atoms with Crippen molar-refractivity contribution in [2.24, 2.45) is 0 Å². The minimum absolute atomic E-state index is 0.130. The number of phenolic OH excluding ortho intramolecular Hbond substituents is 1. The highest BCUT2D eigenvalue weighted by molar-refractivity contribution is 5.86. The van der Waals surface area contributed by atoms with E-state index in [4.69, 9.17) is 9.15 Å². The summed E-state index contributed by atoms with van der Waals surface area (Å²) in [5, 5.41) is 18.8. The Balaban J connectivity index is 1.51. The molecule has 0 bridgehead atoms. The van der Waals surface area contributed by atoms with Crippen molar-refractivity contribution in [2.45, 2.75) is 45.8 Å².